The Balaban J connectivity index is 1.48. The van der Waals surface area contributed by atoms with E-state index >= 15 is 0 Å². The van der Waals surface area contributed by atoms with Crippen molar-refractivity contribution < 1.29 is 5.11 Å². The zero-order chi connectivity index (χ0) is 17.5. The molecular formula is C19H29N5O. The molecule has 136 valence electrons. The van der Waals surface area contributed by atoms with Gasteiger partial charge in [0.25, 0.3) is 0 Å². The number of benzene rings is 1. The van der Waals surface area contributed by atoms with Crippen molar-refractivity contribution in [3.05, 3.63) is 48.5 Å². The Morgan fingerprint density at radius 2 is 2.12 bits per heavy atom. The molecule has 0 amide bonds. The first-order valence-electron chi connectivity index (χ1n) is 9.17. The maximum Gasteiger partial charge on any atom is 0.137 e. The summed E-state index contributed by atoms with van der Waals surface area (Å²) in [7, 11) is 2.07. The zero-order valence-electron chi connectivity index (χ0n) is 15.0. The minimum absolute atomic E-state index is 0.343. The van der Waals surface area contributed by atoms with Crippen molar-refractivity contribution in [2.24, 2.45) is 0 Å². The Hall–Kier alpha value is -1.76. The number of likely N-dealkylation sites (N-methyl/N-ethyl adjacent to an activating group) is 1. The SMILES string of the molecule is CN(Cc1ccccc1)C[C@@H](O)CN1CCCC[C@H]1Cn1cncn1. The van der Waals surface area contributed by atoms with E-state index in [4.69, 9.17) is 0 Å². The van der Waals surface area contributed by atoms with Crippen molar-refractivity contribution in [2.75, 3.05) is 26.7 Å². The van der Waals surface area contributed by atoms with Gasteiger partial charge in [-0.1, -0.05) is 36.8 Å². The minimum atomic E-state index is -0.343. The molecule has 2 heterocycles. The number of nitrogens with zero attached hydrogens (tertiary/aromatic N) is 5. The van der Waals surface area contributed by atoms with Gasteiger partial charge in [-0.3, -0.25) is 14.5 Å². The van der Waals surface area contributed by atoms with Crippen LogP contribution >= 0.6 is 0 Å². The summed E-state index contributed by atoms with van der Waals surface area (Å²) in [4.78, 5) is 8.64. The number of aromatic nitrogens is 3. The molecule has 6 heteroatoms. The summed E-state index contributed by atoms with van der Waals surface area (Å²) in [5, 5.41) is 14.8. The molecule has 0 aliphatic carbocycles. The predicted octanol–water partition coefficient (Wildman–Crippen LogP) is 1.63. The molecule has 1 saturated heterocycles. The Morgan fingerprint density at radius 1 is 1.28 bits per heavy atom. The van der Waals surface area contributed by atoms with E-state index in [0.717, 1.165) is 32.6 Å². The number of β-amino-alcohol motifs (C(OH)–C–C–N with tert-alkyl or cyclic N) is 1. The van der Waals surface area contributed by atoms with Crippen molar-refractivity contribution in [1.29, 1.82) is 0 Å². The standard InChI is InChI=1S/C19H29N5O/c1-22(11-17-7-3-2-4-8-17)13-19(25)14-23-10-6-5-9-18(23)12-24-16-20-15-21-24/h2-4,7-8,15-16,18-19,25H,5-6,9-14H2,1H3/t18-,19+/m0/s1. The van der Waals surface area contributed by atoms with Gasteiger partial charge in [0.2, 0.25) is 0 Å². The molecule has 0 bridgehead atoms. The summed E-state index contributed by atoms with van der Waals surface area (Å²) in [6, 6.07) is 10.8. The molecule has 2 aromatic rings. The van der Waals surface area contributed by atoms with E-state index in [-0.39, 0.29) is 6.10 Å². The molecule has 0 spiro atoms. The summed E-state index contributed by atoms with van der Waals surface area (Å²) in [6.45, 7) is 4.17. The van der Waals surface area contributed by atoms with Gasteiger partial charge < -0.3 is 5.11 Å². The van der Waals surface area contributed by atoms with Crippen LogP contribution in [0.2, 0.25) is 0 Å². The lowest BCUT2D eigenvalue weighted by Crippen LogP contribution is -2.47. The molecule has 1 fully saturated rings. The first-order chi connectivity index (χ1) is 12.2. The number of aliphatic hydroxyl groups excluding tert-OH is 1. The fourth-order valence-electron chi connectivity index (χ4n) is 3.70. The highest BCUT2D eigenvalue weighted by Gasteiger charge is 2.25. The van der Waals surface area contributed by atoms with Gasteiger partial charge in [-0.25, -0.2) is 4.98 Å². The molecule has 1 aliphatic heterocycles. The molecular weight excluding hydrogens is 314 g/mol. The maximum atomic E-state index is 10.6. The van der Waals surface area contributed by atoms with Crippen LogP contribution in [0.25, 0.3) is 0 Å². The van der Waals surface area contributed by atoms with E-state index in [1.54, 1.807) is 12.7 Å². The molecule has 0 radical (unpaired) electrons. The van der Waals surface area contributed by atoms with E-state index in [1.807, 2.05) is 10.7 Å². The number of aliphatic hydroxyl groups is 1. The highest BCUT2D eigenvalue weighted by atomic mass is 16.3. The third kappa shape index (κ3) is 5.63. The lowest BCUT2D eigenvalue weighted by Gasteiger charge is -2.37. The second-order valence-electron chi connectivity index (χ2n) is 7.10. The monoisotopic (exact) mass is 343 g/mol. The average molecular weight is 343 g/mol. The lowest BCUT2D eigenvalue weighted by molar-refractivity contribution is 0.0421. The van der Waals surface area contributed by atoms with Crippen molar-refractivity contribution in [1.82, 2.24) is 24.6 Å². The van der Waals surface area contributed by atoms with Crippen LogP contribution < -0.4 is 0 Å². The van der Waals surface area contributed by atoms with Gasteiger partial charge in [-0.05, 0) is 32.0 Å². The molecule has 25 heavy (non-hydrogen) atoms. The van der Waals surface area contributed by atoms with Crippen LogP contribution in [0.4, 0.5) is 0 Å². The third-order valence-electron chi connectivity index (χ3n) is 4.88. The van der Waals surface area contributed by atoms with Crippen LogP contribution in [-0.2, 0) is 13.1 Å². The summed E-state index contributed by atoms with van der Waals surface area (Å²) >= 11 is 0. The molecule has 3 rings (SSSR count). The van der Waals surface area contributed by atoms with Crippen molar-refractivity contribution >= 4 is 0 Å². The first kappa shape index (κ1) is 18.0. The summed E-state index contributed by atoms with van der Waals surface area (Å²) in [6.07, 6.45) is 6.63. The first-order valence-corrected chi connectivity index (χ1v) is 9.17. The molecule has 1 aromatic carbocycles. The number of likely N-dealkylation sites (tertiary alicyclic amines) is 1. The highest BCUT2D eigenvalue weighted by Crippen LogP contribution is 2.19. The Morgan fingerprint density at radius 3 is 2.88 bits per heavy atom. The summed E-state index contributed by atoms with van der Waals surface area (Å²) in [5.41, 5.74) is 1.28. The molecule has 6 nitrogen and oxygen atoms in total. The van der Waals surface area contributed by atoms with E-state index in [2.05, 4.69) is 51.2 Å². The van der Waals surface area contributed by atoms with Crippen LogP contribution in [0.15, 0.2) is 43.0 Å². The van der Waals surface area contributed by atoms with Gasteiger partial charge in [0.15, 0.2) is 0 Å². The fourth-order valence-corrected chi connectivity index (χ4v) is 3.70. The van der Waals surface area contributed by atoms with E-state index < -0.39 is 0 Å². The Kier molecular flexibility index (Phi) is 6.55. The van der Waals surface area contributed by atoms with Crippen LogP contribution in [0.1, 0.15) is 24.8 Å². The lowest BCUT2D eigenvalue weighted by atomic mass is 10.0. The van der Waals surface area contributed by atoms with Crippen molar-refractivity contribution in [2.45, 2.75) is 44.5 Å². The molecule has 0 saturated carbocycles. The van der Waals surface area contributed by atoms with Crippen LogP contribution in [0, 0.1) is 0 Å². The van der Waals surface area contributed by atoms with E-state index in [9.17, 15) is 5.11 Å². The van der Waals surface area contributed by atoms with Crippen molar-refractivity contribution in [3.8, 4) is 0 Å². The smallest absolute Gasteiger partial charge is 0.137 e. The third-order valence-corrected chi connectivity index (χ3v) is 4.88. The summed E-state index contributed by atoms with van der Waals surface area (Å²) in [5.74, 6) is 0. The quantitative estimate of drug-likeness (QED) is 0.789. The zero-order valence-corrected chi connectivity index (χ0v) is 15.0. The van der Waals surface area contributed by atoms with Gasteiger partial charge in [-0.15, -0.1) is 0 Å². The minimum Gasteiger partial charge on any atom is -0.390 e. The number of rotatable bonds is 8. The van der Waals surface area contributed by atoms with E-state index in [1.165, 1.54) is 18.4 Å². The van der Waals surface area contributed by atoms with E-state index in [0.29, 0.717) is 12.6 Å². The second kappa shape index (κ2) is 9.08. The molecule has 1 N–H and O–H groups in total. The molecule has 0 unspecified atom stereocenters. The molecule has 1 aliphatic rings. The molecule has 2 atom stereocenters. The van der Waals surface area contributed by atoms with Crippen molar-refractivity contribution in [3.63, 3.8) is 0 Å². The van der Waals surface area contributed by atoms with Crippen LogP contribution in [0.3, 0.4) is 0 Å². The Bertz CT molecular complexity index is 604. The van der Waals surface area contributed by atoms with Crippen LogP contribution in [0.5, 0.6) is 0 Å². The average Bonchev–Trinajstić information content (AvgIpc) is 3.10. The van der Waals surface area contributed by atoms with Gasteiger partial charge >= 0.3 is 0 Å². The number of hydrogen-bond acceptors (Lipinski definition) is 5. The van der Waals surface area contributed by atoms with Gasteiger partial charge in [0.05, 0.1) is 12.6 Å². The largest absolute Gasteiger partial charge is 0.390 e. The Labute approximate surface area is 150 Å². The second-order valence-corrected chi connectivity index (χ2v) is 7.10. The van der Waals surface area contributed by atoms with Gasteiger partial charge in [0, 0.05) is 25.7 Å². The number of hydrogen-bond donors (Lipinski definition) is 1. The predicted molar refractivity (Wildman–Crippen MR) is 98.0 cm³/mol. The van der Waals surface area contributed by atoms with Crippen LogP contribution in [-0.4, -0.2) is 68.5 Å². The molecule has 1 aromatic heterocycles. The van der Waals surface area contributed by atoms with Gasteiger partial charge in [0.1, 0.15) is 12.7 Å². The number of piperidine rings is 1. The maximum absolute atomic E-state index is 10.6. The van der Waals surface area contributed by atoms with Gasteiger partial charge in [-0.2, -0.15) is 5.10 Å². The normalized spacial score (nSPS) is 20.0. The summed E-state index contributed by atoms with van der Waals surface area (Å²) < 4.78 is 1.90. The highest BCUT2D eigenvalue weighted by molar-refractivity contribution is 5.14. The fraction of sp³-hybridized carbons (Fsp3) is 0.579. The topological polar surface area (TPSA) is 57.4 Å².